The number of aliphatic hydroxyl groups excluding tert-OH is 1. The molecular weight excluding hydrogens is 508 g/mol. The summed E-state index contributed by atoms with van der Waals surface area (Å²) >= 11 is 0. The zero-order valence-corrected chi connectivity index (χ0v) is 24.4. The predicted molar refractivity (Wildman–Crippen MR) is 155 cm³/mol. The highest BCUT2D eigenvalue weighted by Crippen LogP contribution is 2.43. The molecule has 216 valence electrons. The van der Waals surface area contributed by atoms with E-state index >= 15 is 0 Å². The van der Waals surface area contributed by atoms with Gasteiger partial charge in [0.05, 0.1) is 24.8 Å². The molecule has 8 heteroatoms. The van der Waals surface area contributed by atoms with Crippen LogP contribution in [0, 0.1) is 0 Å². The number of aliphatic hydroxyl groups is 1. The number of fused-ring (bicyclic) bond motifs is 1. The molecule has 0 radical (unpaired) electrons. The first kappa shape index (κ1) is 29.5. The van der Waals surface area contributed by atoms with Crippen LogP contribution in [0.3, 0.4) is 0 Å². The van der Waals surface area contributed by atoms with E-state index in [4.69, 9.17) is 14.2 Å². The normalized spacial score (nSPS) is 19.7. The predicted octanol–water partition coefficient (Wildman–Crippen LogP) is 5.35. The summed E-state index contributed by atoms with van der Waals surface area (Å²) in [7, 11) is 3.94. The van der Waals surface area contributed by atoms with Crippen molar-refractivity contribution < 1.29 is 28.9 Å². The smallest absolute Gasteiger partial charge is 0.295 e. The number of hydrogen-bond acceptors (Lipinski definition) is 7. The van der Waals surface area contributed by atoms with Gasteiger partial charge in [0.1, 0.15) is 17.6 Å². The molecule has 1 fully saturated rings. The Morgan fingerprint density at radius 2 is 1.85 bits per heavy atom. The van der Waals surface area contributed by atoms with E-state index in [1.54, 1.807) is 11.0 Å². The van der Waals surface area contributed by atoms with Gasteiger partial charge in [-0.15, -0.1) is 0 Å². The van der Waals surface area contributed by atoms with Gasteiger partial charge >= 0.3 is 0 Å². The van der Waals surface area contributed by atoms with Gasteiger partial charge in [0.2, 0.25) is 0 Å². The quantitative estimate of drug-likeness (QED) is 0.156. The highest BCUT2D eigenvalue weighted by atomic mass is 16.5. The van der Waals surface area contributed by atoms with E-state index in [1.165, 1.54) is 0 Å². The minimum atomic E-state index is -0.751. The largest absolute Gasteiger partial charge is 0.507 e. The number of likely N-dealkylation sites (tertiary alicyclic amines) is 1. The molecule has 2 aliphatic rings. The Morgan fingerprint density at radius 1 is 1.05 bits per heavy atom. The molecule has 2 atom stereocenters. The number of nitrogens with zero attached hydrogens (tertiary/aromatic N) is 2. The summed E-state index contributed by atoms with van der Waals surface area (Å²) in [5.41, 5.74) is 2.24. The van der Waals surface area contributed by atoms with Crippen molar-refractivity contribution in [3.8, 4) is 17.2 Å². The van der Waals surface area contributed by atoms with Crippen LogP contribution in [0.15, 0.2) is 42.0 Å². The molecule has 2 heterocycles. The van der Waals surface area contributed by atoms with Crippen molar-refractivity contribution >= 4 is 17.4 Å². The van der Waals surface area contributed by atoms with Crippen molar-refractivity contribution in [1.29, 1.82) is 0 Å². The van der Waals surface area contributed by atoms with Crippen LogP contribution < -0.4 is 14.2 Å². The molecule has 0 aliphatic carbocycles. The first-order valence-electron chi connectivity index (χ1n) is 14.4. The van der Waals surface area contributed by atoms with Crippen LogP contribution in [0.5, 0.6) is 17.2 Å². The zero-order valence-electron chi connectivity index (χ0n) is 24.4. The molecule has 0 spiro atoms. The lowest BCUT2D eigenvalue weighted by Crippen LogP contribution is -2.32. The Kier molecular flexibility index (Phi) is 9.74. The molecule has 1 amide bonds. The van der Waals surface area contributed by atoms with Crippen LogP contribution in [0.25, 0.3) is 5.76 Å². The summed E-state index contributed by atoms with van der Waals surface area (Å²) in [6.45, 7) is 8.19. The van der Waals surface area contributed by atoms with E-state index in [0.29, 0.717) is 48.8 Å². The first-order chi connectivity index (χ1) is 19.2. The highest BCUT2D eigenvalue weighted by Gasteiger charge is 2.46. The number of ketones is 1. The summed E-state index contributed by atoms with van der Waals surface area (Å²) in [6, 6.07) is 10.2. The SMILES string of the molecule is CCCCCOc1ccc([C@H]2C(=C(O)c3ccc4c(c3)C[C@H](C)O4)C(=O)C(=O)N2CCCN(C)C)cc1OCC. The van der Waals surface area contributed by atoms with Crippen LogP contribution in [-0.4, -0.2) is 73.1 Å². The fourth-order valence-corrected chi connectivity index (χ4v) is 5.36. The van der Waals surface area contributed by atoms with Gasteiger partial charge in [-0.3, -0.25) is 9.59 Å². The van der Waals surface area contributed by atoms with Gasteiger partial charge < -0.3 is 29.1 Å². The zero-order chi connectivity index (χ0) is 28.8. The maximum Gasteiger partial charge on any atom is 0.295 e. The Morgan fingerprint density at radius 3 is 2.58 bits per heavy atom. The molecule has 1 N–H and O–H groups in total. The third kappa shape index (κ3) is 6.44. The molecule has 0 saturated carbocycles. The monoisotopic (exact) mass is 550 g/mol. The van der Waals surface area contributed by atoms with Crippen LogP contribution in [0.2, 0.25) is 0 Å². The Labute approximate surface area is 237 Å². The van der Waals surface area contributed by atoms with Crippen LogP contribution in [-0.2, 0) is 16.0 Å². The van der Waals surface area contributed by atoms with E-state index in [0.717, 1.165) is 43.5 Å². The number of amides is 1. The number of unbranched alkanes of at least 4 members (excludes halogenated alkanes) is 2. The summed E-state index contributed by atoms with van der Waals surface area (Å²) in [6.07, 6.45) is 4.58. The van der Waals surface area contributed by atoms with Gasteiger partial charge in [-0.2, -0.15) is 0 Å². The first-order valence-corrected chi connectivity index (χ1v) is 14.4. The van der Waals surface area contributed by atoms with E-state index in [-0.39, 0.29) is 17.4 Å². The van der Waals surface area contributed by atoms with Gasteiger partial charge in [0.25, 0.3) is 11.7 Å². The van der Waals surface area contributed by atoms with E-state index in [1.807, 2.05) is 63.2 Å². The van der Waals surface area contributed by atoms with Crippen LogP contribution >= 0.6 is 0 Å². The third-order valence-corrected chi connectivity index (χ3v) is 7.30. The molecular formula is C32H42N2O6. The highest BCUT2D eigenvalue weighted by molar-refractivity contribution is 6.46. The lowest BCUT2D eigenvalue weighted by atomic mass is 9.94. The summed E-state index contributed by atoms with van der Waals surface area (Å²) < 4.78 is 17.7. The van der Waals surface area contributed by atoms with Crippen molar-refractivity contribution in [1.82, 2.24) is 9.80 Å². The fraction of sp³-hybridized carbons (Fsp3) is 0.500. The number of benzene rings is 2. The second-order valence-electron chi connectivity index (χ2n) is 10.8. The molecule has 0 aromatic heterocycles. The van der Waals surface area contributed by atoms with Crippen molar-refractivity contribution in [3.63, 3.8) is 0 Å². The number of hydrogen-bond donors (Lipinski definition) is 1. The van der Waals surface area contributed by atoms with Gasteiger partial charge in [0.15, 0.2) is 11.5 Å². The van der Waals surface area contributed by atoms with Crippen molar-refractivity contribution in [2.45, 2.75) is 65.0 Å². The molecule has 40 heavy (non-hydrogen) atoms. The Bertz CT molecular complexity index is 1250. The average molecular weight is 551 g/mol. The molecule has 2 aromatic rings. The number of carbonyl (C=O) groups is 2. The van der Waals surface area contributed by atoms with Crippen LogP contribution in [0.1, 0.15) is 69.2 Å². The fourth-order valence-electron chi connectivity index (χ4n) is 5.36. The van der Waals surface area contributed by atoms with Crippen LogP contribution in [0.4, 0.5) is 0 Å². The lowest BCUT2D eigenvalue weighted by Gasteiger charge is -2.26. The van der Waals surface area contributed by atoms with Crippen molar-refractivity contribution in [2.24, 2.45) is 0 Å². The molecule has 2 aliphatic heterocycles. The second-order valence-corrected chi connectivity index (χ2v) is 10.8. The molecule has 0 unspecified atom stereocenters. The molecule has 0 bridgehead atoms. The van der Waals surface area contributed by atoms with Crippen molar-refractivity contribution in [2.75, 3.05) is 40.4 Å². The Hall–Kier alpha value is -3.52. The summed E-state index contributed by atoms with van der Waals surface area (Å²) in [5, 5.41) is 11.5. The molecule has 4 rings (SSSR count). The standard InChI is InChI=1S/C32H42N2O6/c1-6-8-9-17-39-26-14-11-22(20-27(26)38-7-2)29-28(31(36)32(37)34(29)16-10-15-33(4)5)30(35)23-12-13-25-24(19-23)18-21(3)40-25/h11-14,19-21,29,35H,6-10,15-18H2,1-5H3/t21-,29-/m0/s1. The average Bonchev–Trinajstić information content (AvgIpc) is 3.42. The van der Waals surface area contributed by atoms with Gasteiger partial charge in [-0.1, -0.05) is 25.8 Å². The minimum absolute atomic E-state index is 0.0503. The van der Waals surface area contributed by atoms with Gasteiger partial charge in [0, 0.05) is 18.5 Å². The van der Waals surface area contributed by atoms with Crippen molar-refractivity contribution in [3.05, 3.63) is 58.7 Å². The maximum atomic E-state index is 13.5. The van der Waals surface area contributed by atoms with E-state index in [2.05, 4.69) is 6.92 Å². The van der Waals surface area contributed by atoms with E-state index < -0.39 is 17.7 Å². The molecule has 8 nitrogen and oxygen atoms in total. The second kappa shape index (κ2) is 13.2. The number of ether oxygens (including phenoxy) is 3. The van der Waals surface area contributed by atoms with Gasteiger partial charge in [-0.05, 0) is 88.8 Å². The summed E-state index contributed by atoms with van der Waals surface area (Å²) in [5.74, 6) is 0.480. The topological polar surface area (TPSA) is 88.5 Å². The molecule has 2 aromatic carbocycles. The lowest BCUT2D eigenvalue weighted by molar-refractivity contribution is -0.139. The maximum absolute atomic E-state index is 13.5. The summed E-state index contributed by atoms with van der Waals surface area (Å²) in [4.78, 5) is 30.5. The number of Topliss-reactive ketones (excluding diaryl/α,β-unsaturated/α-hetero) is 1. The van der Waals surface area contributed by atoms with E-state index in [9.17, 15) is 14.7 Å². The Balaban J connectivity index is 1.76. The number of carbonyl (C=O) groups excluding carboxylic acids is 2. The molecule has 1 saturated heterocycles. The number of rotatable bonds is 13. The van der Waals surface area contributed by atoms with Gasteiger partial charge in [-0.25, -0.2) is 0 Å². The third-order valence-electron chi connectivity index (χ3n) is 7.30. The minimum Gasteiger partial charge on any atom is -0.507 e.